The Bertz CT molecular complexity index is 1250. The molecule has 0 unspecified atom stereocenters. The number of esters is 8. The zero-order chi connectivity index (χ0) is 37.9. The molecule has 0 aromatic rings. The maximum absolute atomic E-state index is 13.0. The Balaban J connectivity index is 2.84. The van der Waals surface area contributed by atoms with Gasteiger partial charge in [0.15, 0.2) is 36.8 Å². The van der Waals surface area contributed by atoms with Crippen LogP contribution in [0.25, 0.3) is 0 Å². The highest BCUT2D eigenvalue weighted by Gasteiger charge is 2.60. The van der Waals surface area contributed by atoms with Crippen LogP contribution >= 0.6 is 0 Å². The van der Waals surface area contributed by atoms with Crippen LogP contribution in [0.5, 0.6) is 0 Å². The Kier molecular flexibility index (Phi) is 16.0. The van der Waals surface area contributed by atoms with Crippen LogP contribution in [0.2, 0.25) is 0 Å². The Morgan fingerprint density at radius 3 is 1.32 bits per heavy atom. The van der Waals surface area contributed by atoms with Crippen LogP contribution in [0.3, 0.4) is 0 Å². The molecule has 0 spiro atoms. The molecule has 0 aromatic carbocycles. The standard InChI is InChI=1S/C30H42O20/c1-12(31)42-10-18-22(24(45-15(4)34)20(29(41-9)48-18)21(27(37)39-7)28(38)40-8)50-30-26(47-17(6)36)25(46-16(5)35)23(44-14(3)33)19(49-30)11-43-13(2)32/h18-26,29-30H,10-11H2,1-9H3/t18-,19-,20-,22-,23-,24-,25+,26-,29-,30-/m1/s1. The minimum Gasteiger partial charge on any atom is -0.468 e. The zero-order valence-corrected chi connectivity index (χ0v) is 28.9. The van der Waals surface area contributed by atoms with Gasteiger partial charge in [-0.1, -0.05) is 0 Å². The summed E-state index contributed by atoms with van der Waals surface area (Å²) in [6.45, 7) is 5.01. The quantitative estimate of drug-likeness (QED) is 0.117. The topological polar surface area (TPSA) is 247 Å². The van der Waals surface area contributed by atoms with E-state index in [4.69, 9.17) is 56.8 Å². The van der Waals surface area contributed by atoms with Gasteiger partial charge in [0.2, 0.25) is 0 Å². The van der Waals surface area contributed by atoms with Gasteiger partial charge >= 0.3 is 47.8 Å². The van der Waals surface area contributed by atoms with Crippen molar-refractivity contribution < 1.29 is 95.2 Å². The second-order valence-corrected chi connectivity index (χ2v) is 10.9. The lowest BCUT2D eigenvalue weighted by atomic mass is 9.80. The number of hydrogen-bond donors (Lipinski definition) is 0. The van der Waals surface area contributed by atoms with E-state index in [2.05, 4.69) is 0 Å². The van der Waals surface area contributed by atoms with Gasteiger partial charge in [-0.2, -0.15) is 0 Å². The molecule has 2 aliphatic rings. The molecule has 50 heavy (non-hydrogen) atoms. The summed E-state index contributed by atoms with van der Waals surface area (Å²) in [6, 6.07) is 0. The smallest absolute Gasteiger partial charge is 0.320 e. The Morgan fingerprint density at radius 2 is 0.900 bits per heavy atom. The Hall–Kier alpha value is -4.40. The van der Waals surface area contributed by atoms with Crippen LogP contribution in [-0.4, -0.2) is 138 Å². The third kappa shape index (κ3) is 11.3. The number of carbonyl (C=O) groups excluding carboxylic acids is 8. The molecule has 0 saturated carbocycles. The Labute approximate surface area is 286 Å². The van der Waals surface area contributed by atoms with E-state index in [1.165, 1.54) is 0 Å². The lowest BCUT2D eigenvalue weighted by molar-refractivity contribution is -0.356. The summed E-state index contributed by atoms with van der Waals surface area (Å²) >= 11 is 0. The Morgan fingerprint density at radius 1 is 0.500 bits per heavy atom. The summed E-state index contributed by atoms with van der Waals surface area (Å²) in [6.07, 6.45) is -14.7. The van der Waals surface area contributed by atoms with Crippen molar-refractivity contribution in [2.45, 2.75) is 96.9 Å². The van der Waals surface area contributed by atoms with Crippen LogP contribution in [0.4, 0.5) is 0 Å². The van der Waals surface area contributed by atoms with Crippen LogP contribution in [0, 0.1) is 11.8 Å². The normalized spacial score (nSPS) is 29.1. The van der Waals surface area contributed by atoms with E-state index in [1.54, 1.807) is 0 Å². The van der Waals surface area contributed by atoms with Crippen molar-refractivity contribution in [3.8, 4) is 0 Å². The summed E-state index contributed by atoms with van der Waals surface area (Å²) in [5, 5.41) is 0. The molecule has 2 aliphatic heterocycles. The number of ether oxygens (including phenoxy) is 12. The SMILES string of the molecule is COC(=O)C(C(=O)OC)[C@H]1[C@H](OC)O[C@H](COC(C)=O)[C@@H](O[C@H]2O[C@H](COC(C)=O)[C@@H](OC(C)=O)[C@H](OC(C)=O)[C@H]2OC(C)=O)[C@@H]1OC(C)=O. The van der Waals surface area contributed by atoms with E-state index in [1.807, 2.05) is 0 Å². The van der Waals surface area contributed by atoms with Crippen LogP contribution < -0.4 is 0 Å². The van der Waals surface area contributed by atoms with E-state index in [0.29, 0.717) is 0 Å². The van der Waals surface area contributed by atoms with Crippen molar-refractivity contribution in [2.75, 3.05) is 34.5 Å². The fourth-order valence-corrected chi connectivity index (χ4v) is 5.44. The first-order valence-corrected chi connectivity index (χ1v) is 15.1. The molecule has 0 amide bonds. The molecule has 0 radical (unpaired) electrons. The minimum atomic E-state index is -1.87. The second-order valence-electron chi connectivity index (χ2n) is 10.9. The van der Waals surface area contributed by atoms with Crippen LogP contribution in [0.1, 0.15) is 41.5 Å². The maximum Gasteiger partial charge on any atom is 0.320 e. The zero-order valence-electron chi connectivity index (χ0n) is 28.9. The molecular weight excluding hydrogens is 680 g/mol. The van der Waals surface area contributed by atoms with Gasteiger partial charge in [0.05, 0.1) is 20.1 Å². The first-order valence-electron chi connectivity index (χ1n) is 15.1. The highest BCUT2D eigenvalue weighted by Crippen LogP contribution is 2.40. The maximum atomic E-state index is 13.0. The lowest BCUT2D eigenvalue weighted by Gasteiger charge is -2.49. The van der Waals surface area contributed by atoms with Gasteiger partial charge in [-0.3, -0.25) is 38.4 Å². The van der Waals surface area contributed by atoms with Crippen molar-refractivity contribution in [1.29, 1.82) is 0 Å². The molecular formula is C30H42O20. The molecule has 0 aromatic heterocycles. The third-order valence-electron chi connectivity index (χ3n) is 7.21. The molecule has 10 atom stereocenters. The molecule has 20 heteroatoms. The summed E-state index contributed by atoms with van der Waals surface area (Å²) in [5.41, 5.74) is 0. The second kappa shape index (κ2) is 19.1. The van der Waals surface area contributed by atoms with Gasteiger partial charge in [0.25, 0.3) is 0 Å². The van der Waals surface area contributed by atoms with E-state index >= 15 is 0 Å². The average Bonchev–Trinajstić information content (AvgIpc) is 3.02. The van der Waals surface area contributed by atoms with Crippen LogP contribution in [0.15, 0.2) is 0 Å². The minimum absolute atomic E-state index is 0.600. The number of carbonyl (C=O) groups is 8. The molecule has 2 fully saturated rings. The van der Waals surface area contributed by atoms with Crippen molar-refractivity contribution in [3.63, 3.8) is 0 Å². The van der Waals surface area contributed by atoms with Gasteiger partial charge in [0, 0.05) is 48.7 Å². The van der Waals surface area contributed by atoms with Gasteiger partial charge < -0.3 is 56.8 Å². The van der Waals surface area contributed by atoms with Gasteiger partial charge in [0.1, 0.15) is 37.6 Å². The van der Waals surface area contributed by atoms with Gasteiger partial charge in [-0.15, -0.1) is 0 Å². The molecule has 0 bridgehead atoms. The highest BCUT2D eigenvalue weighted by molar-refractivity contribution is 5.95. The molecule has 0 aliphatic carbocycles. The number of hydrogen-bond acceptors (Lipinski definition) is 20. The fraction of sp³-hybridized carbons (Fsp3) is 0.733. The van der Waals surface area contributed by atoms with Crippen molar-refractivity contribution >= 4 is 47.8 Å². The molecule has 0 N–H and O–H groups in total. The van der Waals surface area contributed by atoms with Crippen molar-refractivity contribution in [2.24, 2.45) is 11.8 Å². The first-order chi connectivity index (χ1) is 23.4. The van der Waals surface area contributed by atoms with E-state index in [-0.39, 0.29) is 0 Å². The molecule has 2 rings (SSSR count). The highest BCUT2D eigenvalue weighted by atomic mass is 16.8. The van der Waals surface area contributed by atoms with Crippen LogP contribution in [-0.2, 0) is 95.2 Å². The predicted octanol–water partition coefficient (Wildman–Crippen LogP) is -1.10. The number of methoxy groups -OCH3 is 3. The predicted molar refractivity (Wildman–Crippen MR) is 156 cm³/mol. The van der Waals surface area contributed by atoms with E-state index in [0.717, 1.165) is 62.9 Å². The largest absolute Gasteiger partial charge is 0.468 e. The molecule has 282 valence electrons. The van der Waals surface area contributed by atoms with Crippen molar-refractivity contribution in [3.05, 3.63) is 0 Å². The summed E-state index contributed by atoms with van der Waals surface area (Å²) in [4.78, 5) is 99.0. The third-order valence-corrected chi connectivity index (χ3v) is 7.21. The number of rotatable bonds is 14. The van der Waals surface area contributed by atoms with E-state index < -0.39 is 128 Å². The summed E-state index contributed by atoms with van der Waals surface area (Å²) in [5.74, 6) is -11.0. The van der Waals surface area contributed by atoms with Crippen molar-refractivity contribution in [1.82, 2.24) is 0 Å². The monoisotopic (exact) mass is 722 g/mol. The first kappa shape index (κ1) is 41.8. The molecule has 20 nitrogen and oxygen atoms in total. The van der Waals surface area contributed by atoms with E-state index in [9.17, 15) is 38.4 Å². The molecule has 2 saturated heterocycles. The van der Waals surface area contributed by atoms with Gasteiger partial charge in [-0.25, -0.2) is 0 Å². The van der Waals surface area contributed by atoms with Gasteiger partial charge in [-0.05, 0) is 0 Å². The lowest BCUT2D eigenvalue weighted by Crippen LogP contribution is -2.67. The summed E-state index contributed by atoms with van der Waals surface area (Å²) in [7, 11) is 3.12. The molecule has 2 heterocycles. The average molecular weight is 723 g/mol. The fourth-order valence-electron chi connectivity index (χ4n) is 5.44. The summed E-state index contributed by atoms with van der Waals surface area (Å²) < 4.78 is 65.5.